The number of ether oxygens (including phenoxy) is 1. The molecule has 0 amide bonds. The van der Waals surface area contributed by atoms with Crippen molar-refractivity contribution in [2.24, 2.45) is 0 Å². The van der Waals surface area contributed by atoms with Crippen molar-refractivity contribution in [3.63, 3.8) is 0 Å². The van der Waals surface area contributed by atoms with Gasteiger partial charge in [0.2, 0.25) is 0 Å². The molecule has 1 unspecified atom stereocenters. The van der Waals surface area contributed by atoms with Crippen LogP contribution < -0.4 is 0 Å². The minimum Gasteiger partial charge on any atom is -0.394 e. The number of hydrogen-bond donors (Lipinski definition) is 1. The molecule has 4 heteroatoms. The minimum absolute atomic E-state index is 0.0216. The van der Waals surface area contributed by atoms with Crippen LogP contribution in [0.2, 0.25) is 0 Å². The molecular weight excluding hydrogens is 209 g/mol. The van der Waals surface area contributed by atoms with E-state index in [4.69, 9.17) is 9.84 Å². The highest BCUT2D eigenvalue weighted by Crippen LogP contribution is 2.12. The summed E-state index contributed by atoms with van der Waals surface area (Å²) >= 11 is 0. The lowest BCUT2D eigenvalue weighted by atomic mass is 10.2. The monoisotopic (exact) mass is 225 g/mol. The van der Waals surface area contributed by atoms with Crippen LogP contribution in [-0.2, 0) is 11.3 Å². The molecule has 1 aromatic rings. The molecule has 0 aliphatic carbocycles. The number of nitrogens with zero attached hydrogens (tertiary/aromatic N) is 1. The van der Waals surface area contributed by atoms with Crippen molar-refractivity contribution in [2.45, 2.75) is 12.6 Å². The Morgan fingerprint density at radius 3 is 3.00 bits per heavy atom. The zero-order valence-corrected chi connectivity index (χ0v) is 9.10. The number of aliphatic hydroxyl groups excluding tert-OH is 1. The molecule has 88 valence electrons. The highest BCUT2D eigenvalue weighted by molar-refractivity contribution is 5.17. The van der Waals surface area contributed by atoms with Gasteiger partial charge in [-0.3, -0.25) is 4.90 Å². The first-order chi connectivity index (χ1) is 7.79. The molecular formula is C12H16FNO2. The SMILES string of the molecule is OCC1CN(Cc2ccccc2F)CCO1. The summed E-state index contributed by atoms with van der Waals surface area (Å²) in [5.74, 6) is -0.172. The van der Waals surface area contributed by atoms with E-state index >= 15 is 0 Å². The van der Waals surface area contributed by atoms with Gasteiger partial charge in [-0.2, -0.15) is 0 Å². The summed E-state index contributed by atoms with van der Waals surface area (Å²) in [6.07, 6.45) is -0.138. The first kappa shape index (κ1) is 11.5. The van der Waals surface area contributed by atoms with E-state index in [0.29, 0.717) is 25.3 Å². The molecule has 3 nitrogen and oxygen atoms in total. The van der Waals surface area contributed by atoms with E-state index in [0.717, 1.165) is 6.54 Å². The second-order valence-electron chi connectivity index (χ2n) is 4.00. The molecule has 2 rings (SSSR count). The quantitative estimate of drug-likeness (QED) is 0.833. The summed E-state index contributed by atoms with van der Waals surface area (Å²) in [5.41, 5.74) is 0.695. The van der Waals surface area contributed by atoms with E-state index in [-0.39, 0.29) is 18.5 Å². The number of halogens is 1. The van der Waals surface area contributed by atoms with Crippen molar-refractivity contribution < 1.29 is 14.2 Å². The zero-order chi connectivity index (χ0) is 11.4. The number of benzene rings is 1. The van der Waals surface area contributed by atoms with Gasteiger partial charge < -0.3 is 9.84 Å². The van der Waals surface area contributed by atoms with E-state index in [2.05, 4.69) is 4.90 Å². The molecule has 1 atom stereocenters. The van der Waals surface area contributed by atoms with E-state index < -0.39 is 0 Å². The lowest BCUT2D eigenvalue weighted by Gasteiger charge is -2.32. The third-order valence-corrected chi connectivity index (χ3v) is 2.78. The normalized spacial score (nSPS) is 22.2. The Morgan fingerprint density at radius 1 is 1.44 bits per heavy atom. The Morgan fingerprint density at radius 2 is 2.25 bits per heavy atom. The Labute approximate surface area is 94.4 Å². The number of morpholine rings is 1. The smallest absolute Gasteiger partial charge is 0.127 e. The summed E-state index contributed by atoms with van der Waals surface area (Å²) in [6, 6.07) is 6.79. The molecule has 1 aliphatic heterocycles. The lowest BCUT2D eigenvalue weighted by Crippen LogP contribution is -2.43. The van der Waals surface area contributed by atoms with Crippen LogP contribution in [0, 0.1) is 5.82 Å². The second-order valence-corrected chi connectivity index (χ2v) is 4.00. The molecule has 1 aliphatic rings. The molecule has 0 radical (unpaired) electrons. The fourth-order valence-electron chi connectivity index (χ4n) is 1.90. The summed E-state index contributed by atoms with van der Waals surface area (Å²) in [7, 11) is 0. The third-order valence-electron chi connectivity index (χ3n) is 2.78. The van der Waals surface area contributed by atoms with Gasteiger partial charge in [-0.05, 0) is 6.07 Å². The van der Waals surface area contributed by atoms with Gasteiger partial charge >= 0.3 is 0 Å². The minimum atomic E-state index is -0.172. The summed E-state index contributed by atoms with van der Waals surface area (Å²) in [4.78, 5) is 2.10. The maximum Gasteiger partial charge on any atom is 0.127 e. The Hall–Kier alpha value is -0.970. The van der Waals surface area contributed by atoms with Crippen molar-refractivity contribution in [3.8, 4) is 0 Å². The number of rotatable bonds is 3. The van der Waals surface area contributed by atoms with Gasteiger partial charge in [0.1, 0.15) is 5.82 Å². The van der Waals surface area contributed by atoms with Gasteiger partial charge in [0.25, 0.3) is 0 Å². The molecule has 1 N–H and O–H groups in total. The average Bonchev–Trinajstić information content (AvgIpc) is 2.32. The molecule has 0 spiro atoms. The van der Waals surface area contributed by atoms with Crippen molar-refractivity contribution >= 4 is 0 Å². The van der Waals surface area contributed by atoms with Crippen LogP contribution in [0.5, 0.6) is 0 Å². The van der Waals surface area contributed by atoms with Crippen LogP contribution in [-0.4, -0.2) is 42.4 Å². The fourth-order valence-corrected chi connectivity index (χ4v) is 1.90. The molecule has 0 saturated carbocycles. The van der Waals surface area contributed by atoms with Crippen LogP contribution in [0.15, 0.2) is 24.3 Å². The second kappa shape index (κ2) is 5.39. The van der Waals surface area contributed by atoms with Crippen molar-refractivity contribution in [3.05, 3.63) is 35.6 Å². The standard InChI is InChI=1S/C12H16FNO2/c13-12-4-2-1-3-10(12)7-14-5-6-16-11(8-14)9-15/h1-4,11,15H,5-9H2. The van der Waals surface area contributed by atoms with Crippen LogP contribution >= 0.6 is 0 Å². The fraction of sp³-hybridized carbons (Fsp3) is 0.500. The van der Waals surface area contributed by atoms with Gasteiger partial charge in [0, 0.05) is 25.2 Å². The molecule has 0 aromatic heterocycles. The average molecular weight is 225 g/mol. The Bertz CT molecular complexity index is 346. The van der Waals surface area contributed by atoms with E-state index in [1.54, 1.807) is 12.1 Å². The predicted molar refractivity (Wildman–Crippen MR) is 58.5 cm³/mol. The Balaban J connectivity index is 1.97. The van der Waals surface area contributed by atoms with Crippen molar-refractivity contribution in [2.75, 3.05) is 26.3 Å². The first-order valence-corrected chi connectivity index (χ1v) is 5.48. The highest BCUT2D eigenvalue weighted by atomic mass is 19.1. The van der Waals surface area contributed by atoms with Gasteiger partial charge in [0.15, 0.2) is 0 Å². The largest absolute Gasteiger partial charge is 0.394 e. The third kappa shape index (κ3) is 2.78. The molecule has 1 heterocycles. The van der Waals surface area contributed by atoms with Gasteiger partial charge in [0.05, 0.1) is 19.3 Å². The van der Waals surface area contributed by atoms with Crippen LogP contribution in [0.3, 0.4) is 0 Å². The molecule has 0 bridgehead atoms. The Kier molecular flexibility index (Phi) is 3.88. The van der Waals surface area contributed by atoms with Crippen molar-refractivity contribution in [1.29, 1.82) is 0 Å². The predicted octanol–water partition coefficient (Wildman–Crippen LogP) is 1.02. The van der Waals surface area contributed by atoms with Crippen molar-refractivity contribution in [1.82, 2.24) is 4.90 Å². The van der Waals surface area contributed by atoms with E-state index in [1.807, 2.05) is 6.07 Å². The summed E-state index contributed by atoms with van der Waals surface area (Å²) < 4.78 is 18.8. The topological polar surface area (TPSA) is 32.7 Å². The lowest BCUT2D eigenvalue weighted by molar-refractivity contribution is -0.0553. The summed E-state index contributed by atoms with van der Waals surface area (Å²) in [5, 5.41) is 9.00. The zero-order valence-electron chi connectivity index (χ0n) is 9.10. The molecule has 1 aromatic carbocycles. The van der Waals surface area contributed by atoms with Gasteiger partial charge in [-0.15, -0.1) is 0 Å². The molecule has 16 heavy (non-hydrogen) atoms. The number of aliphatic hydroxyl groups is 1. The van der Waals surface area contributed by atoms with Crippen LogP contribution in [0.4, 0.5) is 4.39 Å². The highest BCUT2D eigenvalue weighted by Gasteiger charge is 2.20. The van der Waals surface area contributed by atoms with Crippen LogP contribution in [0.25, 0.3) is 0 Å². The molecule has 1 saturated heterocycles. The van der Waals surface area contributed by atoms with E-state index in [9.17, 15) is 4.39 Å². The van der Waals surface area contributed by atoms with Gasteiger partial charge in [-0.1, -0.05) is 18.2 Å². The maximum absolute atomic E-state index is 13.4. The number of hydrogen-bond acceptors (Lipinski definition) is 3. The van der Waals surface area contributed by atoms with E-state index in [1.165, 1.54) is 6.07 Å². The van der Waals surface area contributed by atoms with Gasteiger partial charge in [-0.25, -0.2) is 4.39 Å². The van der Waals surface area contributed by atoms with Crippen LogP contribution in [0.1, 0.15) is 5.56 Å². The summed E-state index contributed by atoms with van der Waals surface area (Å²) in [6.45, 7) is 2.63. The molecule has 1 fully saturated rings. The first-order valence-electron chi connectivity index (χ1n) is 5.48. The maximum atomic E-state index is 13.4.